The van der Waals surface area contributed by atoms with Crippen LogP contribution in [0.1, 0.15) is 97.3 Å². The predicted molar refractivity (Wildman–Crippen MR) is 89.9 cm³/mol. The third-order valence-electron chi connectivity index (χ3n) is 6.57. The summed E-state index contributed by atoms with van der Waals surface area (Å²) in [4.78, 5) is 0. The molecule has 0 radical (unpaired) electrons. The van der Waals surface area contributed by atoms with Gasteiger partial charge in [0.2, 0.25) is 0 Å². The van der Waals surface area contributed by atoms with E-state index in [-0.39, 0.29) is 5.41 Å². The summed E-state index contributed by atoms with van der Waals surface area (Å²) in [5, 5.41) is 9.57. The highest BCUT2D eigenvalue weighted by atomic mass is 14.4. The molecule has 0 amide bonds. The maximum absolute atomic E-state index is 9.57. The van der Waals surface area contributed by atoms with Gasteiger partial charge in [0.05, 0.1) is 11.5 Å². The first-order valence-corrected chi connectivity index (χ1v) is 9.64. The van der Waals surface area contributed by atoms with E-state index in [4.69, 9.17) is 0 Å². The van der Waals surface area contributed by atoms with Crippen molar-refractivity contribution in [1.29, 1.82) is 5.26 Å². The lowest BCUT2D eigenvalue weighted by atomic mass is 9.62. The van der Waals surface area contributed by atoms with Crippen LogP contribution >= 0.6 is 0 Å². The van der Waals surface area contributed by atoms with Crippen LogP contribution in [0.5, 0.6) is 0 Å². The van der Waals surface area contributed by atoms with Crippen LogP contribution in [0, 0.1) is 34.5 Å². The summed E-state index contributed by atoms with van der Waals surface area (Å²) in [6, 6.07) is 2.68. The summed E-state index contributed by atoms with van der Waals surface area (Å²) >= 11 is 0. The molecule has 0 bridgehead atoms. The Bertz CT molecular complexity index is 334. The Hall–Kier alpha value is -0.510. The first kappa shape index (κ1) is 16.9. The van der Waals surface area contributed by atoms with Crippen LogP contribution in [0.25, 0.3) is 0 Å². The Kier molecular flexibility index (Phi) is 6.59. The van der Waals surface area contributed by atoms with Gasteiger partial charge in [-0.3, -0.25) is 0 Å². The number of nitriles is 1. The van der Waals surface area contributed by atoms with Gasteiger partial charge in [0.15, 0.2) is 0 Å². The first-order chi connectivity index (χ1) is 10.2. The van der Waals surface area contributed by atoms with E-state index in [1.165, 1.54) is 70.6 Å². The van der Waals surface area contributed by atoms with Crippen molar-refractivity contribution in [2.45, 2.75) is 97.3 Å². The van der Waals surface area contributed by atoms with Crippen LogP contribution in [0.15, 0.2) is 0 Å². The van der Waals surface area contributed by atoms with Crippen LogP contribution in [0.4, 0.5) is 0 Å². The fraction of sp³-hybridized carbons (Fsp3) is 0.950. The molecule has 0 heterocycles. The summed E-state index contributed by atoms with van der Waals surface area (Å²) < 4.78 is 0. The highest BCUT2D eigenvalue weighted by molar-refractivity contribution is 5.02. The van der Waals surface area contributed by atoms with Gasteiger partial charge in [0, 0.05) is 0 Å². The molecule has 0 aliphatic heterocycles. The topological polar surface area (TPSA) is 23.8 Å². The zero-order valence-corrected chi connectivity index (χ0v) is 14.4. The van der Waals surface area contributed by atoms with Gasteiger partial charge in [-0.05, 0) is 49.9 Å². The standard InChI is InChI=1S/C20H35N/c1-3-5-6-8-17-10-12-18(13-11-17)19-9-7-14-20(4-2,15-19)16-21/h17-19H,3-15H2,1-2H3. The molecule has 0 aromatic rings. The highest BCUT2D eigenvalue weighted by Gasteiger charge is 2.38. The van der Waals surface area contributed by atoms with Gasteiger partial charge >= 0.3 is 0 Å². The Morgan fingerprint density at radius 3 is 2.38 bits per heavy atom. The molecule has 0 spiro atoms. The summed E-state index contributed by atoms with van der Waals surface area (Å²) in [5.74, 6) is 2.81. The second-order valence-corrected chi connectivity index (χ2v) is 7.88. The fourth-order valence-electron chi connectivity index (χ4n) is 4.94. The number of nitrogens with zero attached hydrogens (tertiary/aromatic N) is 1. The van der Waals surface area contributed by atoms with Crippen molar-refractivity contribution in [1.82, 2.24) is 0 Å². The van der Waals surface area contributed by atoms with E-state index >= 15 is 0 Å². The van der Waals surface area contributed by atoms with E-state index in [1.807, 2.05) is 0 Å². The van der Waals surface area contributed by atoms with Gasteiger partial charge in [0.1, 0.15) is 0 Å². The third-order valence-corrected chi connectivity index (χ3v) is 6.57. The first-order valence-electron chi connectivity index (χ1n) is 9.64. The maximum Gasteiger partial charge on any atom is 0.0689 e. The van der Waals surface area contributed by atoms with E-state index in [0.717, 1.165) is 30.6 Å². The van der Waals surface area contributed by atoms with Crippen molar-refractivity contribution in [2.24, 2.45) is 23.2 Å². The summed E-state index contributed by atoms with van der Waals surface area (Å²) in [5.41, 5.74) is 0.0287. The molecule has 2 unspecified atom stereocenters. The van der Waals surface area contributed by atoms with E-state index < -0.39 is 0 Å². The average Bonchev–Trinajstić information content (AvgIpc) is 2.56. The Balaban J connectivity index is 1.78. The molecule has 21 heavy (non-hydrogen) atoms. The zero-order valence-electron chi connectivity index (χ0n) is 14.4. The molecule has 2 atom stereocenters. The van der Waals surface area contributed by atoms with E-state index in [0.29, 0.717) is 0 Å². The van der Waals surface area contributed by atoms with E-state index in [1.54, 1.807) is 0 Å². The van der Waals surface area contributed by atoms with Crippen LogP contribution < -0.4 is 0 Å². The van der Waals surface area contributed by atoms with Crippen molar-refractivity contribution < 1.29 is 0 Å². The minimum absolute atomic E-state index is 0.0287. The van der Waals surface area contributed by atoms with Crippen molar-refractivity contribution in [3.05, 3.63) is 0 Å². The predicted octanol–water partition coefficient (Wildman–Crippen LogP) is 6.48. The van der Waals surface area contributed by atoms with Crippen LogP contribution in [-0.2, 0) is 0 Å². The molecule has 2 saturated carbocycles. The number of unbranched alkanes of at least 4 members (excludes halogenated alkanes) is 2. The summed E-state index contributed by atoms with van der Waals surface area (Å²) in [6.45, 7) is 4.52. The minimum atomic E-state index is 0.0287. The molecule has 1 heteroatoms. The van der Waals surface area contributed by atoms with Gasteiger partial charge in [0.25, 0.3) is 0 Å². The second-order valence-electron chi connectivity index (χ2n) is 7.88. The average molecular weight is 290 g/mol. The summed E-state index contributed by atoms with van der Waals surface area (Å²) in [6.07, 6.45) is 17.6. The van der Waals surface area contributed by atoms with Crippen LogP contribution in [0.2, 0.25) is 0 Å². The third kappa shape index (κ3) is 4.48. The van der Waals surface area contributed by atoms with Crippen molar-refractivity contribution in [3.63, 3.8) is 0 Å². The minimum Gasteiger partial charge on any atom is -0.198 e. The molecule has 120 valence electrons. The molecule has 2 aliphatic rings. The molecule has 0 aromatic carbocycles. The molecule has 2 aliphatic carbocycles. The number of hydrogen-bond donors (Lipinski definition) is 0. The molecule has 2 rings (SSSR count). The monoisotopic (exact) mass is 289 g/mol. The normalized spacial score (nSPS) is 37.1. The molecular formula is C20H35N. The zero-order chi connectivity index (χ0) is 15.1. The fourth-order valence-corrected chi connectivity index (χ4v) is 4.94. The van der Waals surface area contributed by atoms with Gasteiger partial charge in [-0.15, -0.1) is 0 Å². The van der Waals surface area contributed by atoms with E-state index in [2.05, 4.69) is 19.9 Å². The quantitative estimate of drug-likeness (QED) is 0.513. The lowest BCUT2D eigenvalue weighted by molar-refractivity contribution is 0.106. The Morgan fingerprint density at radius 2 is 1.76 bits per heavy atom. The molecule has 2 fully saturated rings. The maximum atomic E-state index is 9.57. The lowest BCUT2D eigenvalue weighted by Gasteiger charge is -2.41. The van der Waals surface area contributed by atoms with Crippen molar-refractivity contribution >= 4 is 0 Å². The van der Waals surface area contributed by atoms with Gasteiger partial charge < -0.3 is 0 Å². The molecule has 0 saturated heterocycles. The van der Waals surface area contributed by atoms with Gasteiger partial charge in [-0.1, -0.05) is 65.2 Å². The molecule has 0 aromatic heterocycles. The van der Waals surface area contributed by atoms with Crippen LogP contribution in [0.3, 0.4) is 0 Å². The van der Waals surface area contributed by atoms with Crippen LogP contribution in [-0.4, -0.2) is 0 Å². The molecule has 1 nitrogen and oxygen atoms in total. The van der Waals surface area contributed by atoms with Crippen molar-refractivity contribution in [2.75, 3.05) is 0 Å². The lowest BCUT2D eigenvalue weighted by Crippen LogP contribution is -2.32. The van der Waals surface area contributed by atoms with Gasteiger partial charge in [-0.2, -0.15) is 5.26 Å². The molecule has 0 N–H and O–H groups in total. The Morgan fingerprint density at radius 1 is 1.00 bits per heavy atom. The van der Waals surface area contributed by atoms with Gasteiger partial charge in [-0.25, -0.2) is 0 Å². The second kappa shape index (κ2) is 8.21. The highest BCUT2D eigenvalue weighted by Crippen LogP contribution is 2.48. The largest absolute Gasteiger partial charge is 0.198 e. The number of hydrogen-bond acceptors (Lipinski definition) is 1. The molecular weight excluding hydrogens is 254 g/mol. The van der Waals surface area contributed by atoms with E-state index in [9.17, 15) is 5.26 Å². The smallest absolute Gasteiger partial charge is 0.0689 e. The summed E-state index contributed by atoms with van der Waals surface area (Å²) in [7, 11) is 0. The number of rotatable bonds is 6. The van der Waals surface area contributed by atoms with Crippen molar-refractivity contribution in [3.8, 4) is 6.07 Å². The Labute approximate surface area is 132 Å². The SMILES string of the molecule is CCCCCC1CCC(C2CCCC(C#N)(CC)C2)CC1.